The third kappa shape index (κ3) is 23.9. The molecule has 0 spiro atoms. The normalized spacial score (nSPS) is 11.3. The minimum Gasteiger partial charge on any atom is -0.491 e. The highest BCUT2D eigenvalue weighted by Crippen LogP contribution is 2.15. The zero-order valence-corrected chi connectivity index (χ0v) is 24.7. The summed E-state index contributed by atoms with van der Waals surface area (Å²) in [6.07, 6.45) is 16.9. The summed E-state index contributed by atoms with van der Waals surface area (Å²) < 4.78 is 33.5. The predicted octanol–water partition coefficient (Wildman–Crippen LogP) is 7.41. The van der Waals surface area contributed by atoms with E-state index in [1.807, 2.05) is 0 Å². The Bertz CT molecular complexity index is 580. The molecule has 0 heterocycles. The van der Waals surface area contributed by atoms with Crippen molar-refractivity contribution in [2.45, 2.75) is 97.3 Å². The summed E-state index contributed by atoms with van der Waals surface area (Å²) in [6.45, 7) is 11.1. The van der Waals surface area contributed by atoms with Gasteiger partial charge in [0.15, 0.2) is 0 Å². The van der Waals surface area contributed by atoms with Crippen molar-refractivity contribution in [2.24, 2.45) is 0 Å². The van der Waals surface area contributed by atoms with Crippen molar-refractivity contribution in [1.82, 2.24) is 0 Å². The van der Waals surface area contributed by atoms with E-state index in [0.29, 0.717) is 66.1 Å². The topological polar surface area (TPSA) is 55.4 Å². The van der Waals surface area contributed by atoms with Gasteiger partial charge in [-0.1, -0.05) is 90.2 Å². The van der Waals surface area contributed by atoms with Gasteiger partial charge >= 0.3 is 0 Å². The van der Waals surface area contributed by atoms with E-state index in [1.165, 1.54) is 76.2 Å². The molecule has 0 bridgehead atoms. The maximum Gasteiger partial charge on any atom is 0.119 e. The van der Waals surface area contributed by atoms with Crippen LogP contribution in [-0.2, 0) is 30.1 Å². The molecule has 6 heteroatoms. The van der Waals surface area contributed by atoms with Crippen molar-refractivity contribution >= 4 is 0 Å². The first-order chi connectivity index (χ1) is 18.9. The van der Waals surface area contributed by atoms with E-state index < -0.39 is 0 Å². The fraction of sp³-hybridized carbons (Fsp3) is 0.812. The number of ether oxygens (including phenoxy) is 6. The summed E-state index contributed by atoms with van der Waals surface area (Å²) in [5.41, 5.74) is 1.39. The molecule has 0 saturated heterocycles. The SMILES string of the molecule is CCCCCCCCCc1ccc(OCCOCCOCCOCCOCCOCCCCCCC)cc1. The molecule has 1 aromatic rings. The zero-order valence-electron chi connectivity index (χ0n) is 24.7. The van der Waals surface area contributed by atoms with Crippen LogP contribution < -0.4 is 4.74 Å². The van der Waals surface area contributed by atoms with E-state index in [0.717, 1.165) is 25.2 Å². The Kier molecular flexibility index (Phi) is 26.4. The van der Waals surface area contributed by atoms with E-state index in [-0.39, 0.29) is 0 Å². The van der Waals surface area contributed by atoms with Gasteiger partial charge in [-0.3, -0.25) is 0 Å². The molecule has 0 radical (unpaired) electrons. The molecule has 222 valence electrons. The number of hydrogen-bond acceptors (Lipinski definition) is 6. The first-order valence-electron chi connectivity index (χ1n) is 15.5. The van der Waals surface area contributed by atoms with Gasteiger partial charge in [0.05, 0.1) is 59.5 Å². The fourth-order valence-corrected chi connectivity index (χ4v) is 4.05. The van der Waals surface area contributed by atoms with Crippen LogP contribution >= 0.6 is 0 Å². The lowest BCUT2D eigenvalue weighted by molar-refractivity contribution is -0.0128. The largest absolute Gasteiger partial charge is 0.491 e. The fourth-order valence-electron chi connectivity index (χ4n) is 4.05. The van der Waals surface area contributed by atoms with Crippen molar-refractivity contribution < 1.29 is 28.4 Å². The number of rotatable bonds is 30. The molecule has 0 aromatic heterocycles. The van der Waals surface area contributed by atoms with Crippen LogP contribution in [0.3, 0.4) is 0 Å². The molecule has 0 atom stereocenters. The third-order valence-electron chi connectivity index (χ3n) is 6.37. The molecule has 0 amide bonds. The molecule has 6 nitrogen and oxygen atoms in total. The molecule has 0 aliphatic rings. The standard InChI is InChI=1S/C32H58O6/c1-3-5-7-9-10-11-13-15-31-16-18-32(19-17-31)38-30-29-37-28-27-36-26-25-35-24-23-34-22-21-33-20-14-12-8-6-4-2/h16-19H,3-15,20-30H2,1-2H3. The Morgan fingerprint density at radius 1 is 0.395 bits per heavy atom. The van der Waals surface area contributed by atoms with Gasteiger partial charge in [-0.2, -0.15) is 0 Å². The predicted molar refractivity (Wildman–Crippen MR) is 156 cm³/mol. The highest BCUT2D eigenvalue weighted by Gasteiger charge is 1.98. The molecule has 1 aromatic carbocycles. The Balaban J connectivity index is 1.78. The monoisotopic (exact) mass is 538 g/mol. The van der Waals surface area contributed by atoms with Gasteiger partial charge in [-0.25, -0.2) is 0 Å². The Morgan fingerprint density at radius 2 is 0.789 bits per heavy atom. The molecule has 0 aliphatic heterocycles. The van der Waals surface area contributed by atoms with Gasteiger partial charge in [-0.15, -0.1) is 0 Å². The van der Waals surface area contributed by atoms with Crippen molar-refractivity contribution in [2.75, 3.05) is 72.7 Å². The van der Waals surface area contributed by atoms with Gasteiger partial charge in [-0.05, 0) is 37.0 Å². The van der Waals surface area contributed by atoms with Crippen LogP contribution in [0.2, 0.25) is 0 Å². The summed E-state index contributed by atoms with van der Waals surface area (Å²) in [5, 5.41) is 0. The van der Waals surface area contributed by atoms with E-state index >= 15 is 0 Å². The van der Waals surface area contributed by atoms with Crippen molar-refractivity contribution in [3.05, 3.63) is 29.8 Å². The van der Waals surface area contributed by atoms with Gasteiger partial charge in [0.1, 0.15) is 12.4 Å². The molecule has 0 N–H and O–H groups in total. The number of benzene rings is 1. The van der Waals surface area contributed by atoms with Crippen LogP contribution in [0, 0.1) is 0 Å². The highest BCUT2D eigenvalue weighted by molar-refractivity contribution is 5.27. The summed E-state index contributed by atoms with van der Waals surface area (Å²) in [7, 11) is 0. The zero-order chi connectivity index (χ0) is 27.2. The van der Waals surface area contributed by atoms with E-state index in [1.54, 1.807) is 0 Å². The lowest BCUT2D eigenvalue weighted by Crippen LogP contribution is -2.14. The van der Waals surface area contributed by atoms with Crippen LogP contribution in [0.25, 0.3) is 0 Å². The van der Waals surface area contributed by atoms with E-state index in [4.69, 9.17) is 28.4 Å². The Morgan fingerprint density at radius 3 is 1.29 bits per heavy atom. The molecule has 0 unspecified atom stereocenters. The lowest BCUT2D eigenvalue weighted by atomic mass is 10.0. The third-order valence-corrected chi connectivity index (χ3v) is 6.37. The van der Waals surface area contributed by atoms with Crippen molar-refractivity contribution in [3.8, 4) is 5.75 Å². The van der Waals surface area contributed by atoms with Crippen molar-refractivity contribution in [3.63, 3.8) is 0 Å². The smallest absolute Gasteiger partial charge is 0.119 e. The van der Waals surface area contributed by atoms with Crippen LogP contribution in [-0.4, -0.2) is 72.7 Å². The molecule has 0 aliphatic carbocycles. The summed E-state index contributed by atoms with van der Waals surface area (Å²) in [4.78, 5) is 0. The number of aryl methyl sites for hydroxylation is 1. The van der Waals surface area contributed by atoms with E-state index in [2.05, 4.69) is 38.1 Å². The highest BCUT2D eigenvalue weighted by atomic mass is 16.6. The van der Waals surface area contributed by atoms with Gasteiger partial charge in [0, 0.05) is 6.61 Å². The van der Waals surface area contributed by atoms with Crippen LogP contribution in [0.5, 0.6) is 5.75 Å². The number of unbranched alkanes of at least 4 members (excludes halogenated alkanes) is 10. The molecule has 0 fully saturated rings. The van der Waals surface area contributed by atoms with Crippen LogP contribution in [0.15, 0.2) is 24.3 Å². The average Bonchev–Trinajstić information content (AvgIpc) is 2.94. The summed E-state index contributed by atoms with van der Waals surface area (Å²) >= 11 is 0. The first kappa shape index (κ1) is 34.8. The quantitative estimate of drug-likeness (QED) is 0.0951. The van der Waals surface area contributed by atoms with Crippen molar-refractivity contribution in [1.29, 1.82) is 0 Å². The average molecular weight is 539 g/mol. The van der Waals surface area contributed by atoms with Gasteiger partial charge in [0.25, 0.3) is 0 Å². The minimum absolute atomic E-state index is 0.546. The van der Waals surface area contributed by atoms with E-state index in [9.17, 15) is 0 Å². The lowest BCUT2D eigenvalue weighted by Gasteiger charge is -2.09. The van der Waals surface area contributed by atoms with Gasteiger partial charge in [0.2, 0.25) is 0 Å². The maximum atomic E-state index is 5.77. The molecule has 0 saturated carbocycles. The van der Waals surface area contributed by atoms with Gasteiger partial charge < -0.3 is 28.4 Å². The second-order valence-electron chi connectivity index (χ2n) is 9.84. The minimum atomic E-state index is 0.546. The number of hydrogen-bond donors (Lipinski definition) is 0. The van der Waals surface area contributed by atoms with Crippen LogP contribution in [0.4, 0.5) is 0 Å². The molecular weight excluding hydrogens is 480 g/mol. The molecular formula is C32H58O6. The summed E-state index contributed by atoms with van der Waals surface area (Å²) in [6, 6.07) is 8.49. The second-order valence-corrected chi connectivity index (χ2v) is 9.84. The Hall–Kier alpha value is -1.18. The molecule has 38 heavy (non-hydrogen) atoms. The maximum absolute atomic E-state index is 5.77. The Labute approximate surface area is 234 Å². The summed E-state index contributed by atoms with van der Waals surface area (Å²) in [5.74, 6) is 0.902. The molecule has 1 rings (SSSR count). The second kappa shape index (κ2) is 28.8. The first-order valence-corrected chi connectivity index (χ1v) is 15.5. The van der Waals surface area contributed by atoms with Crippen LogP contribution in [0.1, 0.15) is 96.5 Å².